The summed E-state index contributed by atoms with van der Waals surface area (Å²) in [4.78, 5) is 0. The largest absolute Gasteiger partial charge is 0.207 e. The molecule has 2 heteroatoms. The van der Waals surface area contributed by atoms with E-state index < -0.39 is 0 Å². The number of halogens is 2. The molecule has 0 amide bonds. The van der Waals surface area contributed by atoms with E-state index >= 15 is 0 Å². The molecule has 0 aliphatic heterocycles. The summed E-state index contributed by atoms with van der Waals surface area (Å²) in [7, 11) is 0. The van der Waals surface area contributed by atoms with E-state index in [4.69, 9.17) is 11.6 Å². The maximum absolute atomic E-state index is 13.4. The third kappa shape index (κ3) is 2.97. The van der Waals surface area contributed by atoms with E-state index in [9.17, 15) is 4.39 Å². The number of alkyl halides is 1. The Morgan fingerprint density at radius 3 is 2.53 bits per heavy atom. The summed E-state index contributed by atoms with van der Waals surface area (Å²) in [5.74, 6) is 1.07. The van der Waals surface area contributed by atoms with Gasteiger partial charge in [-0.1, -0.05) is 39.3 Å². The highest BCUT2D eigenvalue weighted by Crippen LogP contribution is 2.44. The van der Waals surface area contributed by atoms with Crippen LogP contribution in [0.4, 0.5) is 4.39 Å². The lowest BCUT2D eigenvalue weighted by Crippen LogP contribution is -2.38. The Balaban J connectivity index is 2.28. The fourth-order valence-electron chi connectivity index (χ4n) is 3.38. The van der Waals surface area contributed by atoms with Crippen LogP contribution in [0.1, 0.15) is 51.2 Å². The molecule has 1 aromatic rings. The van der Waals surface area contributed by atoms with Crippen molar-refractivity contribution in [3.8, 4) is 0 Å². The number of hydrogen-bond acceptors (Lipinski definition) is 0. The van der Waals surface area contributed by atoms with Gasteiger partial charge in [0.2, 0.25) is 0 Å². The second-order valence-electron chi connectivity index (χ2n) is 6.73. The quantitative estimate of drug-likeness (QED) is 0.632. The Kier molecular flexibility index (Phi) is 4.25. The van der Waals surface area contributed by atoms with Gasteiger partial charge in [0.25, 0.3) is 0 Å². The summed E-state index contributed by atoms with van der Waals surface area (Å²) in [6.45, 7) is 8.60. The molecule has 2 rings (SSSR count). The average Bonchev–Trinajstić information content (AvgIpc) is 2.32. The zero-order valence-corrected chi connectivity index (χ0v) is 13.1. The molecule has 1 saturated carbocycles. The Morgan fingerprint density at radius 1 is 1.26 bits per heavy atom. The third-order valence-electron chi connectivity index (χ3n) is 4.86. The van der Waals surface area contributed by atoms with Crippen molar-refractivity contribution in [2.24, 2.45) is 11.8 Å². The molecular weight excluding hydrogens is 259 g/mol. The van der Waals surface area contributed by atoms with Crippen LogP contribution in [0.25, 0.3) is 0 Å². The number of benzene rings is 1. The van der Waals surface area contributed by atoms with Crippen molar-refractivity contribution in [3.05, 3.63) is 35.1 Å². The second-order valence-corrected chi connectivity index (χ2v) is 7.29. The first-order valence-corrected chi connectivity index (χ1v) is 7.66. The van der Waals surface area contributed by atoms with Gasteiger partial charge in [-0.15, -0.1) is 11.6 Å². The molecule has 1 aromatic carbocycles. The van der Waals surface area contributed by atoms with Crippen LogP contribution in [0.3, 0.4) is 0 Å². The van der Waals surface area contributed by atoms with Crippen LogP contribution < -0.4 is 0 Å². The molecule has 0 radical (unpaired) electrons. The molecule has 1 aliphatic rings. The van der Waals surface area contributed by atoms with Gasteiger partial charge in [0, 0.05) is 5.38 Å². The summed E-state index contributed by atoms with van der Waals surface area (Å²) in [6.07, 6.45) is 3.51. The van der Waals surface area contributed by atoms with Crippen LogP contribution in [-0.2, 0) is 5.41 Å². The summed E-state index contributed by atoms with van der Waals surface area (Å²) in [6, 6.07) is 5.49. The monoisotopic (exact) mass is 282 g/mol. The van der Waals surface area contributed by atoms with Gasteiger partial charge in [-0.3, -0.25) is 0 Å². The molecule has 0 aromatic heterocycles. The van der Waals surface area contributed by atoms with Crippen molar-refractivity contribution in [3.63, 3.8) is 0 Å². The standard InChI is InChI=1S/C17H24ClF/c1-11-5-7-14(15(18)9-11)17(3,4)13-6-8-16(19)12(2)10-13/h6,8,10-11,14-15H,5,7,9H2,1-4H3. The molecule has 0 spiro atoms. The first-order valence-electron chi connectivity index (χ1n) is 7.23. The molecule has 1 aliphatic carbocycles. The molecular formula is C17H24ClF. The molecule has 0 N–H and O–H groups in total. The SMILES string of the molecule is Cc1cc(C(C)(C)C2CCC(C)CC2Cl)ccc1F. The van der Waals surface area contributed by atoms with Crippen molar-refractivity contribution in [1.82, 2.24) is 0 Å². The van der Waals surface area contributed by atoms with E-state index in [1.807, 2.05) is 19.1 Å². The molecule has 106 valence electrons. The van der Waals surface area contributed by atoms with Gasteiger partial charge in [0.15, 0.2) is 0 Å². The summed E-state index contributed by atoms with van der Waals surface area (Å²) in [5.41, 5.74) is 1.93. The maximum Gasteiger partial charge on any atom is 0.126 e. The molecule has 0 saturated heterocycles. The van der Waals surface area contributed by atoms with Crippen LogP contribution in [0.15, 0.2) is 18.2 Å². The zero-order chi connectivity index (χ0) is 14.2. The predicted molar refractivity (Wildman–Crippen MR) is 80.3 cm³/mol. The Bertz CT molecular complexity index is 453. The highest BCUT2D eigenvalue weighted by molar-refractivity contribution is 6.20. The zero-order valence-electron chi connectivity index (χ0n) is 12.3. The van der Waals surface area contributed by atoms with E-state index in [1.165, 1.54) is 18.4 Å². The molecule has 3 unspecified atom stereocenters. The van der Waals surface area contributed by atoms with E-state index in [0.717, 1.165) is 17.9 Å². The van der Waals surface area contributed by atoms with Crippen molar-refractivity contribution in [2.45, 2.75) is 57.7 Å². The van der Waals surface area contributed by atoms with Crippen molar-refractivity contribution in [2.75, 3.05) is 0 Å². The van der Waals surface area contributed by atoms with E-state index in [1.54, 1.807) is 6.07 Å². The minimum atomic E-state index is -0.126. The lowest BCUT2D eigenvalue weighted by molar-refractivity contribution is 0.207. The highest BCUT2D eigenvalue weighted by Gasteiger charge is 2.39. The van der Waals surface area contributed by atoms with Gasteiger partial charge in [-0.25, -0.2) is 4.39 Å². The lowest BCUT2D eigenvalue weighted by atomic mass is 9.65. The fraction of sp³-hybridized carbons (Fsp3) is 0.647. The van der Waals surface area contributed by atoms with Crippen molar-refractivity contribution >= 4 is 11.6 Å². The van der Waals surface area contributed by atoms with E-state index in [0.29, 0.717) is 5.92 Å². The van der Waals surface area contributed by atoms with Gasteiger partial charge in [0.1, 0.15) is 5.82 Å². The summed E-state index contributed by atoms with van der Waals surface area (Å²) < 4.78 is 13.4. The van der Waals surface area contributed by atoms with E-state index in [-0.39, 0.29) is 16.6 Å². The van der Waals surface area contributed by atoms with Crippen LogP contribution in [0, 0.1) is 24.6 Å². The number of aryl methyl sites for hydroxylation is 1. The Morgan fingerprint density at radius 2 is 1.95 bits per heavy atom. The third-order valence-corrected chi connectivity index (χ3v) is 5.35. The van der Waals surface area contributed by atoms with Crippen LogP contribution in [0.5, 0.6) is 0 Å². The van der Waals surface area contributed by atoms with Crippen molar-refractivity contribution in [1.29, 1.82) is 0 Å². The topological polar surface area (TPSA) is 0 Å². The molecule has 19 heavy (non-hydrogen) atoms. The fourth-order valence-corrected chi connectivity index (χ4v) is 4.13. The van der Waals surface area contributed by atoms with Crippen LogP contribution in [-0.4, -0.2) is 5.38 Å². The number of rotatable bonds is 2. The minimum absolute atomic E-state index is 0.00498. The molecule has 0 heterocycles. The Hall–Kier alpha value is -0.560. The maximum atomic E-state index is 13.4. The Labute approximate surface area is 121 Å². The van der Waals surface area contributed by atoms with Gasteiger partial charge in [-0.05, 0) is 54.2 Å². The lowest BCUT2D eigenvalue weighted by Gasteiger charge is -2.42. The normalized spacial score (nSPS) is 28.4. The predicted octanol–water partition coefficient (Wildman–Crippen LogP) is 5.46. The first-order chi connectivity index (χ1) is 8.82. The van der Waals surface area contributed by atoms with Gasteiger partial charge < -0.3 is 0 Å². The van der Waals surface area contributed by atoms with E-state index in [2.05, 4.69) is 20.8 Å². The number of hydrogen-bond donors (Lipinski definition) is 0. The summed E-state index contributed by atoms with van der Waals surface area (Å²) in [5, 5.41) is 0.226. The molecule has 0 nitrogen and oxygen atoms in total. The smallest absolute Gasteiger partial charge is 0.126 e. The summed E-state index contributed by atoms with van der Waals surface area (Å²) >= 11 is 6.61. The van der Waals surface area contributed by atoms with Gasteiger partial charge in [-0.2, -0.15) is 0 Å². The van der Waals surface area contributed by atoms with Crippen LogP contribution in [0.2, 0.25) is 0 Å². The molecule has 0 bridgehead atoms. The molecule has 1 fully saturated rings. The second kappa shape index (κ2) is 5.44. The van der Waals surface area contributed by atoms with Crippen LogP contribution >= 0.6 is 11.6 Å². The van der Waals surface area contributed by atoms with Gasteiger partial charge >= 0.3 is 0 Å². The van der Waals surface area contributed by atoms with Gasteiger partial charge in [0.05, 0.1) is 0 Å². The minimum Gasteiger partial charge on any atom is -0.207 e. The van der Waals surface area contributed by atoms with Crippen molar-refractivity contribution < 1.29 is 4.39 Å². The first kappa shape index (κ1) is 14.8. The molecule has 3 atom stereocenters. The average molecular weight is 283 g/mol. The highest BCUT2D eigenvalue weighted by atomic mass is 35.5.